The number of aliphatic hydroxyl groups is 1. The van der Waals surface area contributed by atoms with Gasteiger partial charge in [0.2, 0.25) is 0 Å². The van der Waals surface area contributed by atoms with Crippen LogP contribution in [0.2, 0.25) is 0 Å². The minimum Gasteiger partial charge on any atom is -0.454 e. The van der Waals surface area contributed by atoms with Crippen molar-refractivity contribution in [2.24, 2.45) is 11.3 Å². The molecular formula is C16H24O4. The van der Waals surface area contributed by atoms with Crippen LogP contribution in [0.1, 0.15) is 46.5 Å². The van der Waals surface area contributed by atoms with Crippen LogP contribution in [0.25, 0.3) is 0 Å². The number of carbonyl (C=O) groups is 1. The summed E-state index contributed by atoms with van der Waals surface area (Å²) in [5, 5.41) is 10.5. The Balaban J connectivity index is 2.02. The molecule has 2 fully saturated rings. The lowest BCUT2D eigenvalue weighted by Gasteiger charge is -2.57. The molecule has 0 bridgehead atoms. The number of methoxy groups -OCH3 is 1. The fraction of sp³-hybridized carbons (Fsp3) is 0.812. The highest BCUT2D eigenvalue weighted by atomic mass is 16.5. The van der Waals surface area contributed by atoms with Crippen molar-refractivity contribution < 1.29 is 19.4 Å². The van der Waals surface area contributed by atoms with Crippen LogP contribution < -0.4 is 0 Å². The lowest BCUT2D eigenvalue weighted by molar-refractivity contribution is -0.185. The summed E-state index contributed by atoms with van der Waals surface area (Å²) in [4.78, 5) is 11.8. The van der Waals surface area contributed by atoms with Crippen LogP contribution in [-0.2, 0) is 14.3 Å². The van der Waals surface area contributed by atoms with Gasteiger partial charge in [0, 0.05) is 18.1 Å². The van der Waals surface area contributed by atoms with E-state index in [1.54, 1.807) is 7.11 Å². The Kier molecular flexibility index (Phi) is 3.04. The van der Waals surface area contributed by atoms with E-state index in [2.05, 4.69) is 13.8 Å². The van der Waals surface area contributed by atoms with Gasteiger partial charge in [-0.3, -0.25) is 0 Å². The van der Waals surface area contributed by atoms with E-state index >= 15 is 0 Å². The summed E-state index contributed by atoms with van der Waals surface area (Å²) in [6, 6.07) is 0. The quantitative estimate of drug-likeness (QED) is 0.748. The number of esters is 1. The predicted molar refractivity (Wildman–Crippen MR) is 74.1 cm³/mol. The maximum atomic E-state index is 11.8. The summed E-state index contributed by atoms with van der Waals surface area (Å²) in [6.45, 7) is 6.11. The summed E-state index contributed by atoms with van der Waals surface area (Å²) in [5.74, 6) is 0.0281. The Labute approximate surface area is 120 Å². The summed E-state index contributed by atoms with van der Waals surface area (Å²) in [6.07, 6.45) is 2.61. The van der Waals surface area contributed by atoms with Gasteiger partial charge in [-0.15, -0.1) is 0 Å². The Bertz CT molecular complexity index is 483. The van der Waals surface area contributed by atoms with Crippen LogP contribution >= 0.6 is 0 Å². The molecule has 0 radical (unpaired) electrons. The number of carbonyl (C=O) groups excluding carboxylic acids is 1. The standard InChI is InChI=1S/C16H24O4/c1-9-10-7-12-15(2,8-11(10)20-14(9)18)13(17)5-6-16(12,3)19-4/h11-13,17H,5-8H2,1-4H3. The van der Waals surface area contributed by atoms with Gasteiger partial charge in [-0.25, -0.2) is 4.79 Å². The van der Waals surface area contributed by atoms with E-state index in [4.69, 9.17) is 9.47 Å². The fourth-order valence-corrected chi connectivity index (χ4v) is 4.56. The number of aliphatic hydroxyl groups excluding tert-OH is 1. The molecule has 3 rings (SSSR count). The molecule has 0 aromatic heterocycles. The Morgan fingerprint density at radius 2 is 2.10 bits per heavy atom. The van der Waals surface area contributed by atoms with Gasteiger partial charge < -0.3 is 14.6 Å². The first kappa shape index (κ1) is 14.1. The Morgan fingerprint density at radius 1 is 1.40 bits per heavy atom. The molecule has 0 saturated heterocycles. The molecule has 112 valence electrons. The SMILES string of the molecule is COC1(C)CCC(O)C2(C)CC3OC(=O)C(C)=C3CC12. The monoisotopic (exact) mass is 280 g/mol. The molecule has 1 aliphatic heterocycles. The highest BCUT2D eigenvalue weighted by molar-refractivity contribution is 5.91. The highest BCUT2D eigenvalue weighted by Gasteiger charge is 2.59. The lowest BCUT2D eigenvalue weighted by atomic mass is 9.52. The van der Waals surface area contributed by atoms with Gasteiger partial charge in [-0.2, -0.15) is 0 Å². The first-order valence-electron chi connectivity index (χ1n) is 7.45. The fourth-order valence-electron chi connectivity index (χ4n) is 4.56. The van der Waals surface area contributed by atoms with Gasteiger partial charge in [0.15, 0.2) is 0 Å². The summed E-state index contributed by atoms with van der Waals surface area (Å²) < 4.78 is 11.3. The number of ether oxygens (including phenoxy) is 2. The van der Waals surface area contributed by atoms with Crippen LogP contribution in [-0.4, -0.2) is 36.0 Å². The average Bonchev–Trinajstić information content (AvgIpc) is 2.68. The third kappa shape index (κ3) is 1.70. The van der Waals surface area contributed by atoms with E-state index < -0.39 is 0 Å². The van der Waals surface area contributed by atoms with Crippen molar-refractivity contribution in [1.82, 2.24) is 0 Å². The number of hydrogen-bond donors (Lipinski definition) is 1. The van der Waals surface area contributed by atoms with E-state index in [0.717, 1.165) is 30.4 Å². The zero-order valence-electron chi connectivity index (χ0n) is 12.7. The predicted octanol–water partition coefficient (Wildman–Crippen LogP) is 2.20. The third-order valence-corrected chi connectivity index (χ3v) is 6.15. The molecule has 1 N–H and O–H groups in total. The summed E-state index contributed by atoms with van der Waals surface area (Å²) >= 11 is 0. The average molecular weight is 280 g/mol. The van der Waals surface area contributed by atoms with Crippen molar-refractivity contribution in [1.29, 1.82) is 0 Å². The smallest absolute Gasteiger partial charge is 0.334 e. The summed E-state index contributed by atoms with van der Waals surface area (Å²) in [5.41, 5.74) is 1.39. The molecule has 3 aliphatic rings. The van der Waals surface area contributed by atoms with E-state index in [1.165, 1.54) is 0 Å². The maximum Gasteiger partial charge on any atom is 0.334 e. The molecule has 5 atom stereocenters. The normalized spacial score (nSPS) is 47.9. The molecule has 2 saturated carbocycles. The minimum atomic E-state index is -0.350. The van der Waals surface area contributed by atoms with Crippen LogP contribution in [0.4, 0.5) is 0 Å². The molecule has 2 aliphatic carbocycles. The van der Waals surface area contributed by atoms with Gasteiger partial charge in [0.05, 0.1) is 11.7 Å². The number of rotatable bonds is 1. The second-order valence-corrected chi connectivity index (χ2v) is 7.08. The molecule has 0 amide bonds. The first-order valence-corrected chi connectivity index (χ1v) is 7.45. The van der Waals surface area contributed by atoms with Crippen molar-refractivity contribution in [3.8, 4) is 0 Å². The van der Waals surface area contributed by atoms with Gasteiger partial charge in [0.25, 0.3) is 0 Å². The molecular weight excluding hydrogens is 256 g/mol. The van der Waals surface area contributed by atoms with Gasteiger partial charge in [-0.1, -0.05) is 6.92 Å². The molecule has 20 heavy (non-hydrogen) atoms. The van der Waals surface area contributed by atoms with E-state index in [0.29, 0.717) is 6.42 Å². The van der Waals surface area contributed by atoms with Crippen molar-refractivity contribution in [2.75, 3.05) is 7.11 Å². The van der Waals surface area contributed by atoms with Crippen molar-refractivity contribution in [2.45, 2.75) is 64.3 Å². The van der Waals surface area contributed by atoms with Gasteiger partial charge in [0.1, 0.15) is 6.10 Å². The number of fused-ring (bicyclic) bond motifs is 2. The van der Waals surface area contributed by atoms with Crippen LogP contribution in [0.5, 0.6) is 0 Å². The van der Waals surface area contributed by atoms with E-state index in [1.807, 2.05) is 6.92 Å². The molecule has 5 unspecified atom stereocenters. The molecule has 4 heteroatoms. The molecule has 0 spiro atoms. The second kappa shape index (κ2) is 4.31. The molecule has 4 nitrogen and oxygen atoms in total. The zero-order valence-corrected chi connectivity index (χ0v) is 12.7. The van der Waals surface area contributed by atoms with Crippen molar-refractivity contribution >= 4 is 5.97 Å². The van der Waals surface area contributed by atoms with E-state index in [9.17, 15) is 9.90 Å². The second-order valence-electron chi connectivity index (χ2n) is 7.08. The zero-order chi connectivity index (χ0) is 14.7. The van der Waals surface area contributed by atoms with E-state index in [-0.39, 0.29) is 35.1 Å². The van der Waals surface area contributed by atoms with Crippen LogP contribution in [0.15, 0.2) is 11.1 Å². The van der Waals surface area contributed by atoms with Gasteiger partial charge in [-0.05, 0) is 51.0 Å². The largest absolute Gasteiger partial charge is 0.454 e. The first-order chi connectivity index (χ1) is 9.32. The topological polar surface area (TPSA) is 55.8 Å². The molecule has 0 aromatic carbocycles. The van der Waals surface area contributed by atoms with Gasteiger partial charge >= 0.3 is 5.97 Å². The third-order valence-electron chi connectivity index (χ3n) is 6.15. The minimum absolute atomic E-state index is 0.141. The Hall–Kier alpha value is -0.870. The highest BCUT2D eigenvalue weighted by Crippen LogP contribution is 2.58. The van der Waals surface area contributed by atoms with Crippen LogP contribution in [0.3, 0.4) is 0 Å². The molecule has 1 heterocycles. The van der Waals surface area contributed by atoms with Crippen LogP contribution in [0, 0.1) is 11.3 Å². The maximum absolute atomic E-state index is 11.8. The molecule has 0 aromatic rings. The Morgan fingerprint density at radius 3 is 2.75 bits per heavy atom. The number of hydrogen-bond acceptors (Lipinski definition) is 4. The summed E-state index contributed by atoms with van der Waals surface area (Å²) in [7, 11) is 1.75. The lowest BCUT2D eigenvalue weighted by Crippen LogP contribution is -2.59. The van der Waals surface area contributed by atoms with Crippen molar-refractivity contribution in [3.63, 3.8) is 0 Å². The van der Waals surface area contributed by atoms with Crippen molar-refractivity contribution in [3.05, 3.63) is 11.1 Å².